The molecule has 2 aliphatic rings. The molecule has 1 aromatic carbocycles. The predicted molar refractivity (Wildman–Crippen MR) is 105 cm³/mol. The Hall–Kier alpha value is -1.68. The quantitative estimate of drug-likeness (QED) is 0.687. The summed E-state index contributed by atoms with van der Waals surface area (Å²) in [4.78, 5) is 25.9. The molecule has 2 saturated heterocycles. The Morgan fingerprint density at radius 2 is 1.75 bits per heavy atom. The van der Waals surface area contributed by atoms with Gasteiger partial charge in [0.25, 0.3) is 0 Å². The minimum absolute atomic E-state index is 0.0303. The zero-order valence-electron chi connectivity index (χ0n) is 15.5. The summed E-state index contributed by atoms with van der Waals surface area (Å²) in [5.74, 6) is -0.625. The first-order chi connectivity index (χ1) is 13.3. The van der Waals surface area contributed by atoms with Crippen LogP contribution in [0.2, 0.25) is 5.02 Å². The molecule has 2 fully saturated rings. The van der Waals surface area contributed by atoms with E-state index in [1.807, 2.05) is 4.90 Å². The summed E-state index contributed by atoms with van der Waals surface area (Å²) in [6.07, 6.45) is 2.55. The minimum Gasteiger partial charge on any atom is -0.369 e. The predicted octanol–water partition coefficient (Wildman–Crippen LogP) is 0.559. The fraction of sp³-hybridized carbons (Fsp3) is 0.556. The number of nitrogens with zero attached hydrogens (tertiary/aromatic N) is 2. The van der Waals surface area contributed by atoms with Crippen molar-refractivity contribution in [3.8, 4) is 0 Å². The Morgan fingerprint density at radius 1 is 1.11 bits per heavy atom. The van der Waals surface area contributed by atoms with Gasteiger partial charge in [0.05, 0.1) is 11.4 Å². The van der Waals surface area contributed by atoms with Gasteiger partial charge in [-0.3, -0.25) is 14.5 Å². The van der Waals surface area contributed by atoms with Crippen LogP contribution < -0.4 is 11.1 Å². The Kier molecular flexibility index (Phi) is 6.59. The molecule has 1 aromatic rings. The molecule has 0 aromatic heterocycles. The molecule has 10 heteroatoms. The van der Waals surface area contributed by atoms with Crippen LogP contribution in [-0.2, 0) is 19.6 Å². The van der Waals surface area contributed by atoms with Crippen molar-refractivity contribution in [1.29, 1.82) is 0 Å². The van der Waals surface area contributed by atoms with Crippen molar-refractivity contribution >= 4 is 33.4 Å². The van der Waals surface area contributed by atoms with Crippen molar-refractivity contribution in [3.05, 3.63) is 29.3 Å². The second-order valence-electron chi connectivity index (χ2n) is 7.25. The van der Waals surface area contributed by atoms with Crippen molar-refractivity contribution in [2.75, 3.05) is 26.2 Å². The number of nitrogens with two attached hydrogens (primary N) is 1. The number of carbonyl (C=O) groups is 2. The summed E-state index contributed by atoms with van der Waals surface area (Å²) in [6.45, 7) is 1.88. The number of nitrogens with one attached hydrogen (secondary N) is 1. The lowest BCUT2D eigenvalue weighted by Crippen LogP contribution is -2.52. The standard InChI is InChI=1S/C18H25ClN4O4S/c19-13-3-5-15(6-4-13)28(26,27)23-9-1-2-16(23)18(25)21-14-7-10-22(11-8-14)12-17(20)24/h3-6,14,16H,1-2,7-12H2,(H2,20,24)(H,21,25)/t16-/m1/s1. The van der Waals surface area contributed by atoms with Gasteiger partial charge in [-0.15, -0.1) is 0 Å². The zero-order valence-corrected chi connectivity index (χ0v) is 17.1. The molecule has 2 heterocycles. The third-order valence-corrected chi connectivity index (χ3v) is 7.41. The van der Waals surface area contributed by atoms with Crippen LogP contribution in [0.1, 0.15) is 25.7 Å². The van der Waals surface area contributed by atoms with Gasteiger partial charge in [-0.2, -0.15) is 4.31 Å². The maximum Gasteiger partial charge on any atom is 0.243 e. The van der Waals surface area contributed by atoms with Crippen molar-refractivity contribution in [1.82, 2.24) is 14.5 Å². The van der Waals surface area contributed by atoms with Crippen LogP contribution in [-0.4, -0.2) is 67.7 Å². The van der Waals surface area contributed by atoms with E-state index in [0.29, 0.717) is 50.3 Å². The molecule has 3 rings (SSSR count). The van der Waals surface area contributed by atoms with E-state index in [-0.39, 0.29) is 29.3 Å². The molecule has 154 valence electrons. The molecular weight excluding hydrogens is 404 g/mol. The number of primary amides is 1. The van der Waals surface area contributed by atoms with E-state index >= 15 is 0 Å². The van der Waals surface area contributed by atoms with E-state index in [0.717, 1.165) is 0 Å². The normalized spacial score (nSPS) is 22.2. The fourth-order valence-corrected chi connectivity index (χ4v) is 5.57. The van der Waals surface area contributed by atoms with Gasteiger partial charge in [0.1, 0.15) is 6.04 Å². The van der Waals surface area contributed by atoms with Crippen molar-refractivity contribution < 1.29 is 18.0 Å². The number of benzene rings is 1. The Bertz CT molecular complexity index is 822. The maximum atomic E-state index is 13.0. The summed E-state index contributed by atoms with van der Waals surface area (Å²) in [5, 5.41) is 3.44. The molecule has 28 heavy (non-hydrogen) atoms. The Morgan fingerprint density at radius 3 is 2.36 bits per heavy atom. The van der Waals surface area contributed by atoms with E-state index in [2.05, 4.69) is 5.32 Å². The summed E-state index contributed by atoms with van der Waals surface area (Å²) < 4.78 is 27.2. The van der Waals surface area contributed by atoms with Crippen LogP contribution in [0.5, 0.6) is 0 Å². The monoisotopic (exact) mass is 428 g/mol. The number of amides is 2. The van der Waals surface area contributed by atoms with Crippen molar-refractivity contribution in [2.45, 2.75) is 42.7 Å². The summed E-state index contributed by atoms with van der Waals surface area (Å²) in [6, 6.07) is 5.24. The third-order valence-electron chi connectivity index (χ3n) is 5.24. The van der Waals surface area contributed by atoms with Crippen LogP contribution in [0.25, 0.3) is 0 Å². The molecule has 0 aliphatic carbocycles. The minimum atomic E-state index is -3.76. The number of hydrogen-bond donors (Lipinski definition) is 2. The first kappa shape index (κ1) is 21.0. The van der Waals surface area contributed by atoms with Gasteiger partial charge in [0.2, 0.25) is 21.8 Å². The first-order valence-corrected chi connectivity index (χ1v) is 11.2. The lowest BCUT2D eigenvalue weighted by molar-refractivity contribution is -0.125. The third kappa shape index (κ3) is 4.83. The van der Waals surface area contributed by atoms with Gasteiger partial charge >= 0.3 is 0 Å². The van der Waals surface area contributed by atoms with E-state index < -0.39 is 16.1 Å². The highest BCUT2D eigenvalue weighted by Crippen LogP contribution is 2.27. The van der Waals surface area contributed by atoms with E-state index in [4.69, 9.17) is 17.3 Å². The zero-order chi connectivity index (χ0) is 20.3. The second kappa shape index (κ2) is 8.77. The lowest BCUT2D eigenvalue weighted by Gasteiger charge is -2.32. The molecule has 0 saturated carbocycles. The number of likely N-dealkylation sites (tertiary alicyclic amines) is 1. The molecule has 8 nitrogen and oxygen atoms in total. The van der Waals surface area contributed by atoms with Gasteiger partial charge < -0.3 is 11.1 Å². The Balaban J connectivity index is 1.62. The average Bonchev–Trinajstić information content (AvgIpc) is 3.14. The van der Waals surface area contributed by atoms with Gasteiger partial charge in [-0.05, 0) is 49.9 Å². The average molecular weight is 429 g/mol. The number of halogens is 1. The Labute approximate surface area is 170 Å². The molecular formula is C18H25ClN4O4S. The van der Waals surface area contributed by atoms with Crippen LogP contribution in [0.3, 0.4) is 0 Å². The van der Waals surface area contributed by atoms with E-state index in [9.17, 15) is 18.0 Å². The fourth-order valence-electron chi connectivity index (χ4n) is 3.79. The SMILES string of the molecule is NC(=O)CN1CCC(NC(=O)[C@H]2CCCN2S(=O)(=O)c2ccc(Cl)cc2)CC1. The molecule has 2 amide bonds. The second-order valence-corrected chi connectivity index (χ2v) is 9.58. The number of piperidine rings is 1. The number of rotatable bonds is 6. The van der Waals surface area contributed by atoms with Crippen LogP contribution in [0, 0.1) is 0 Å². The number of carbonyl (C=O) groups excluding carboxylic acids is 2. The van der Waals surface area contributed by atoms with Gasteiger partial charge in [0.15, 0.2) is 0 Å². The van der Waals surface area contributed by atoms with Crippen LogP contribution in [0.4, 0.5) is 0 Å². The molecule has 0 spiro atoms. The van der Waals surface area contributed by atoms with Gasteiger partial charge in [0, 0.05) is 30.7 Å². The van der Waals surface area contributed by atoms with Gasteiger partial charge in [-0.25, -0.2) is 8.42 Å². The maximum absolute atomic E-state index is 13.0. The largest absolute Gasteiger partial charge is 0.369 e. The van der Waals surface area contributed by atoms with E-state index in [1.165, 1.54) is 28.6 Å². The molecule has 1 atom stereocenters. The van der Waals surface area contributed by atoms with Crippen molar-refractivity contribution in [2.24, 2.45) is 5.73 Å². The van der Waals surface area contributed by atoms with Crippen LogP contribution in [0.15, 0.2) is 29.2 Å². The topological polar surface area (TPSA) is 113 Å². The smallest absolute Gasteiger partial charge is 0.243 e. The van der Waals surface area contributed by atoms with Gasteiger partial charge in [-0.1, -0.05) is 11.6 Å². The van der Waals surface area contributed by atoms with Crippen molar-refractivity contribution in [3.63, 3.8) is 0 Å². The highest BCUT2D eigenvalue weighted by molar-refractivity contribution is 7.89. The molecule has 0 radical (unpaired) electrons. The molecule has 0 unspecified atom stereocenters. The number of sulfonamides is 1. The highest BCUT2D eigenvalue weighted by Gasteiger charge is 2.40. The number of hydrogen-bond acceptors (Lipinski definition) is 5. The first-order valence-electron chi connectivity index (χ1n) is 9.36. The summed E-state index contributed by atoms with van der Waals surface area (Å²) in [5.41, 5.74) is 5.21. The van der Waals surface area contributed by atoms with Crippen LogP contribution >= 0.6 is 11.6 Å². The lowest BCUT2D eigenvalue weighted by atomic mass is 10.0. The molecule has 3 N–H and O–H groups in total. The highest BCUT2D eigenvalue weighted by atomic mass is 35.5. The molecule has 2 aliphatic heterocycles. The summed E-state index contributed by atoms with van der Waals surface area (Å²) in [7, 11) is -3.76. The van der Waals surface area contributed by atoms with E-state index in [1.54, 1.807) is 0 Å². The summed E-state index contributed by atoms with van der Waals surface area (Å²) >= 11 is 5.85. The molecule has 0 bridgehead atoms.